The van der Waals surface area contributed by atoms with Gasteiger partial charge in [0.1, 0.15) is 6.04 Å². The standard InChI is InChI=1S/C9H11NO4.Ca/c10-6(9(13)14)3-5-1-2-7(11)8(12)4-5;/h1-2,4,6,11-12H,3,10H2,(H,13,14);/t6-;/m0./s1. The number of aliphatic carboxylic acids is 1. The molecule has 0 unspecified atom stereocenters. The van der Waals surface area contributed by atoms with Crippen molar-refractivity contribution in [1.82, 2.24) is 0 Å². The van der Waals surface area contributed by atoms with Gasteiger partial charge in [0, 0.05) is 37.7 Å². The number of aromatic hydroxyl groups is 2. The third kappa shape index (κ3) is 4.25. The molecule has 0 fully saturated rings. The Morgan fingerprint density at radius 1 is 1.33 bits per heavy atom. The molecule has 0 spiro atoms. The van der Waals surface area contributed by atoms with Crippen LogP contribution in [0.15, 0.2) is 18.2 Å². The van der Waals surface area contributed by atoms with E-state index >= 15 is 0 Å². The molecule has 5 nitrogen and oxygen atoms in total. The molecular formula is C9H11CaNO4. The first-order valence-electron chi connectivity index (χ1n) is 4.00. The van der Waals surface area contributed by atoms with E-state index in [1.54, 1.807) is 0 Å². The number of benzene rings is 1. The molecule has 0 amide bonds. The van der Waals surface area contributed by atoms with Crippen LogP contribution in [-0.4, -0.2) is 65.1 Å². The minimum atomic E-state index is -1.10. The van der Waals surface area contributed by atoms with Crippen molar-refractivity contribution in [3.63, 3.8) is 0 Å². The van der Waals surface area contributed by atoms with Crippen molar-refractivity contribution in [2.24, 2.45) is 5.73 Å². The predicted octanol–water partition coefficient (Wildman–Crippen LogP) is -0.329. The van der Waals surface area contributed by atoms with Gasteiger partial charge in [-0.3, -0.25) is 4.79 Å². The number of carbonyl (C=O) groups is 1. The number of hydrogen-bond acceptors (Lipinski definition) is 4. The van der Waals surface area contributed by atoms with E-state index in [-0.39, 0.29) is 55.7 Å². The molecule has 1 aromatic rings. The molecule has 0 heterocycles. The molecule has 1 rings (SSSR count). The van der Waals surface area contributed by atoms with E-state index in [1.165, 1.54) is 18.2 Å². The van der Waals surface area contributed by atoms with Crippen LogP contribution >= 0.6 is 0 Å². The van der Waals surface area contributed by atoms with Crippen molar-refractivity contribution in [3.05, 3.63) is 23.8 Å². The second kappa shape index (κ2) is 6.17. The van der Waals surface area contributed by atoms with Gasteiger partial charge in [0.2, 0.25) is 0 Å². The van der Waals surface area contributed by atoms with Crippen molar-refractivity contribution < 1.29 is 20.1 Å². The molecule has 2 radical (unpaired) electrons. The summed E-state index contributed by atoms with van der Waals surface area (Å²) in [6, 6.07) is 3.09. The number of nitrogens with two attached hydrogens (primary N) is 1. The maximum atomic E-state index is 10.4. The van der Waals surface area contributed by atoms with Crippen molar-refractivity contribution in [2.75, 3.05) is 0 Å². The Labute approximate surface area is 117 Å². The van der Waals surface area contributed by atoms with Crippen LogP contribution in [-0.2, 0) is 11.2 Å². The van der Waals surface area contributed by atoms with E-state index < -0.39 is 12.0 Å². The fraction of sp³-hybridized carbons (Fsp3) is 0.222. The van der Waals surface area contributed by atoms with Crippen molar-refractivity contribution in [3.8, 4) is 11.5 Å². The van der Waals surface area contributed by atoms with Crippen molar-refractivity contribution >= 4 is 43.7 Å². The molecule has 5 N–H and O–H groups in total. The first kappa shape index (κ1) is 14.5. The smallest absolute Gasteiger partial charge is 0.320 e. The second-order valence-electron chi connectivity index (χ2n) is 2.97. The van der Waals surface area contributed by atoms with Gasteiger partial charge in [-0.05, 0) is 24.1 Å². The molecular weight excluding hydrogens is 226 g/mol. The van der Waals surface area contributed by atoms with Crippen LogP contribution in [0.5, 0.6) is 11.5 Å². The minimum Gasteiger partial charge on any atom is -0.504 e. The van der Waals surface area contributed by atoms with Crippen molar-refractivity contribution in [2.45, 2.75) is 12.5 Å². The average Bonchev–Trinajstić information content (AvgIpc) is 2.11. The molecule has 78 valence electrons. The summed E-state index contributed by atoms with van der Waals surface area (Å²) < 4.78 is 0. The third-order valence-electron chi connectivity index (χ3n) is 1.81. The molecule has 6 heteroatoms. The number of hydrogen-bond donors (Lipinski definition) is 4. The Bertz CT molecular complexity index is 356. The van der Waals surface area contributed by atoms with Gasteiger partial charge >= 0.3 is 5.97 Å². The van der Waals surface area contributed by atoms with Crippen LogP contribution in [0.3, 0.4) is 0 Å². The summed E-state index contributed by atoms with van der Waals surface area (Å²) in [5.74, 6) is -1.62. The SMILES string of the molecule is N[C@@H](Cc1ccc(O)c(O)c1)C(=O)O.[Ca]. The first-order valence-corrected chi connectivity index (χ1v) is 4.00. The molecule has 0 aliphatic heterocycles. The van der Waals surface area contributed by atoms with E-state index in [4.69, 9.17) is 21.1 Å². The normalized spacial score (nSPS) is 11.5. The summed E-state index contributed by atoms with van der Waals surface area (Å²) in [6.07, 6.45) is 0.114. The zero-order valence-corrected chi connectivity index (χ0v) is 10.3. The molecule has 1 atom stereocenters. The second-order valence-corrected chi connectivity index (χ2v) is 2.97. The summed E-state index contributed by atoms with van der Waals surface area (Å²) in [4.78, 5) is 10.4. The molecule has 0 saturated heterocycles. The van der Waals surface area contributed by atoms with Gasteiger partial charge in [-0.25, -0.2) is 0 Å². The quantitative estimate of drug-likeness (QED) is 0.426. The van der Waals surface area contributed by atoms with E-state index in [2.05, 4.69) is 0 Å². The van der Waals surface area contributed by atoms with Crippen LogP contribution in [0.2, 0.25) is 0 Å². The van der Waals surface area contributed by atoms with Crippen LogP contribution in [0, 0.1) is 0 Å². The van der Waals surface area contributed by atoms with Crippen LogP contribution in [0.4, 0.5) is 0 Å². The van der Waals surface area contributed by atoms with Gasteiger partial charge in [-0.2, -0.15) is 0 Å². The van der Waals surface area contributed by atoms with Crippen LogP contribution in [0.25, 0.3) is 0 Å². The molecule has 0 saturated carbocycles. The van der Waals surface area contributed by atoms with E-state index in [0.29, 0.717) is 5.56 Å². The van der Waals surface area contributed by atoms with E-state index in [0.717, 1.165) is 0 Å². The number of carboxylic acids is 1. The molecule has 15 heavy (non-hydrogen) atoms. The van der Waals surface area contributed by atoms with Gasteiger partial charge in [0.05, 0.1) is 0 Å². The van der Waals surface area contributed by atoms with E-state index in [9.17, 15) is 4.79 Å². The summed E-state index contributed by atoms with van der Waals surface area (Å²) >= 11 is 0. The minimum absolute atomic E-state index is 0. The number of phenolic OH excluding ortho intramolecular Hbond substituents is 2. The Morgan fingerprint density at radius 2 is 1.93 bits per heavy atom. The van der Waals surface area contributed by atoms with E-state index in [1.807, 2.05) is 0 Å². The number of phenols is 2. The third-order valence-corrected chi connectivity index (χ3v) is 1.81. The average molecular weight is 237 g/mol. The summed E-state index contributed by atoms with van der Waals surface area (Å²) in [7, 11) is 0. The molecule has 0 aliphatic rings. The van der Waals surface area contributed by atoms with Crippen LogP contribution in [0.1, 0.15) is 5.56 Å². The Hall–Kier alpha value is -0.490. The van der Waals surface area contributed by atoms with Gasteiger partial charge < -0.3 is 21.1 Å². The zero-order valence-electron chi connectivity index (χ0n) is 8.05. The predicted molar refractivity (Wildman–Crippen MR) is 54.8 cm³/mol. The van der Waals surface area contributed by atoms with Crippen molar-refractivity contribution in [1.29, 1.82) is 0 Å². The number of rotatable bonds is 3. The summed E-state index contributed by atoms with van der Waals surface area (Å²) in [6.45, 7) is 0. The van der Waals surface area contributed by atoms with Crippen LogP contribution < -0.4 is 5.73 Å². The van der Waals surface area contributed by atoms with Gasteiger partial charge in [-0.1, -0.05) is 6.07 Å². The number of carboxylic acid groups (broad SMARTS) is 1. The van der Waals surface area contributed by atoms with Gasteiger partial charge in [0.25, 0.3) is 0 Å². The molecule has 0 bridgehead atoms. The zero-order chi connectivity index (χ0) is 10.7. The molecule has 1 aromatic carbocycles. The topological polar surface area (TPSA) is 104 Å². The largest absolute Gasteiger partial charge is 0.504 e. The summed E-state index contributed by atoms with van der Waals surface area (Å²) in [5, 5.41) is 26.6. The maximum absolute atomic E-state index is 10.4. The monoisotopic (exact) mass is 237 g/mol. The van der Waals surface area contributed by atoms with Gasteiger partial charge in [-0.15, -0.1) is 0 Å². The Balaban J connectivity index is 0.00000196. The Morgan fingerprint density at radius 3 is 2.40 bits per heavy atom. The molecule has 0 aliphatic carbocycles. The summed E-state index contributed by atoms with van der Waals surface area (Å²) in [5.41, 5.74) is 5.86. The Kier molecular flexibility index (Phi) is 5.97. The first-order chi connectivity index (χ1) is 6.50. The fourth-order valence-corrected chi connectivity index (χ4v) is 1.04. The fourth-order valence-electron chi connectivity index (χ4n) is 1.04. The van der Waals surface area contributed by atoms with Gasteiger partial charge in [0.15, 0.2) is 11.5 Å². The maximum Gasteiger partial charge on any atom is 0.320 e. The molecule has 0 aromatic heterocycles.